The van der Waals surface area contributed by atoms with Gasteiger partial charge in [0, 0.05) is 5.57 Å². The van der Waals surface area contributed by atoms with Gasteiger partial charge in [-0.15, -0.1) is 0 Å². The normalized spacial score (nSPS) is 11.4. The number of carbonyl (C=O) groups excluding carboxylic acids is 1. The van der Waals surface area contributed by atoms with E-state index in [1.54, 1.807) is 31.2 Å². The number of carbonyl (C=O) groups is 1. The maximum absolute atomic E-state index is 12.3. The molecule has 0 radical (unpaired) electrons. The molecule has 0 saturated carbocycles. The van der Waals surface area contributed by atoms with Gasteiger partial charge in [-0.1, -0.05) is 42.5 Å². The molecule has 114 valence electrons. The van der Waals surface area contributed by atoms with Crippen LogP contribution in [0.15, 0.2) is 71.3 Å². The van der Waals surface area contributed by atoms with Crippen LogP contribution in [0.5, 0.6) is 0 Å². The average Bonchev–Trinajstić information content (AvgIpc) is 2.58. The van der Waals surface area contributed by atoms with Crippen molar-refractivity contribution in [1.29, 1.82) is 0 Å². The molecule has 1 aromatic heterocycles. The Hall–Kier alpha value is -3.21. The van der Waals surface area contributed by atoms with E-state index in [4.69, 9.17) is 0 Å². The third-order valence-electron chi connectivity index (χ3n) is 3.43. The van der Waals surface area contributed by atoms with Crippen molar-refractivity contribution >= 4 is 22.9 Å². The molecular formula is C18H15N3O2. The van der Waals surface area contributed by atoms with E-state index in [0.717, 1.165) is 10.2 Å². The van der Waals surface area contributed by atoms with E-state index in [1.165, 1.54) is 6.33 Å². The molecular weight excluding hydrogens is 290 g/mol. The van der Waals surface area contributed by atoms with Gasteiger partial charge >= 0.3 is 0 Å². The minimum absolute atomic E-state index is 0.309. The molecule has 23 heavy (non-hydrogen) atoms. The van der Waals surface area contributed by atoms with E-state index < -0.39 is 0 Å². The Morgan fingerprint density at radius 2 is 1.78 bits per heavy atom. The number of nitrogens with zero attached hydrogens (tertiary/aromatic N) is 2. The van der Waals surface area contributed by atoms with Gasteiger partial charge in [0.05, 0.1) is 10.9 Å². The number of hydrogen-bond acceptors (Lipinski definition) is 3. The van der Waals surface area contributed by atoms with Crippen LogP contribution < -0.4 is 11.0 Å². The van der Waals surface area contributed by atoms with Crippen LogP contribution in [0, 0.1) is 0 Å². The van der Waals surface area contributed by atoms with E-state index in [0.29, 0.717) is 16.5 Å². The van der Waals surface area contributed by atoms with Crippen molar-refractivity contribution in [2.45, 2.75) is 6.92 Å². The molecule has 0 aliphatic heterocycles. The lowest BCUT2D eigenvalue weighted by Crippen LogP contribution is -2.33. The molecule has 5 heteroatoms. The summed E-state index contributed by atoms with van der Waals surface area (Å²) in [5.74, 6) is -0.354. The molecule has 3 rings (SSSR count). The van der Waals surface area contributed by atoms with Gasteiger partial charge in [-0.3, -0.25) is 15.0 Å². The van der Waals surface area contributed by atoms with E-state index in [-0.39, 0.29) is 11.5 Å². The zero-order chi connectivity index (χ0) is 16.2. The molecule has 3 aromatic rings. The lowest BCUT2D eigenvalue weighted by Gasteiger charge is -2.08. The van der Waals surface area contributed by atoms with Crippen molar-refractivity contribution < 1.29 is 4.79 Å². The molecule has 0 saturated heterocycles. The summed E-state index contributed by atoms with van der Waals surface area (Å²) < 4.78 is 1.10. The number of hydrogen-bond donors (Lipinski definition) is 1. The van der Waals surface area contributed by atoms with Crippen LogP contribution in [-0.4, -0.2) is 15.6 Å². The predicted octanol–water partition coefficient (Wildman–Crippen LogP) is 2.57. The number of amides is 1. The quantitative estimate of drug-likeness (QED) is 0.756. The fraction of sp³-hybridized carbons (Fsp3) is 0.0556. The molecule has 5 nitrogen and oxygen atoms in total. The number of benzene rings is 2. The molecule has 1 amide bonds. The summed E-state index contributed by atoms with van der Waals surface area (Å²) >= 11 is 0. The van der Waals surface area contributed by atoms with Gasteiger partial charge in [-0.05, 0) is 30.7 Å². The average molecular weight is 305 g/mol. The van der Waals surface area contributed by atoms with Crippen LogP contribution in [0.1, 0.15) is 12.5 Å². The monoisotopic (exact) mass is 305 g/mol. The maximum atomic E-state index is 12.3. The Morgan fingerprint density at radius 1 is 1.09 bits per heavy atom. The largest absolute Gasteiger partial charge is 0.280 e. The zero-order valence-electron chi connectivity index (χ0n) is 12.6. The number of aromatic nitrogens is 2. The molecule has 0 aliphatic carbocycles. The fourth-order valence-electron chi connectivity index (χ4n) is 2.21. The van der Waals surface area contributed by atoms with Gasteiger partial charge in [0.1, 0.15) is 6.33 Å². The first-order valence-electron chi connectivity index (χ1n) is 7.16. The molecule has 0 bridgehead atoms. The Bertz CT molecular complexity index is 943. The Morgan fingerprint density at radius 3 is 2.57 bits per heavy atom. The van der Waals surface area contributed by atoms with Gasteiger partial charge in [-0.25, -0.2) is 9.66 Å². The Balaban J connectivity index is 1.87. The van der Waals surface area contributed by atoms with Crippen LogP contribution in [0.4, 0.5) is 0 Å². The number of fused-ring (bicyclic) bond motifs is 1. The van der Waals surface area contributed by atoms with Crippen molar-refractivity contribution in [1.82, 2.24) is 9.66 Å². The predicted molar refractivity (Wildman–Crippen MR) is 90.5 cm³/mol. The lowest BCUT2D eigenvalue weighted by molar-refractivity contribution is -0.113. The standard InChI is InChI=1S/C18H15N3O2/c1-13(11-14-7-3-2-4-8-14)17(22)20-21-12-19-16-10-6-5-9-15(16)18(21)23/h2-12H,1H3,(H,20,22)/b13-11-. The van der Waals surface area contributed by atoms with Crippen LogP contribution in [0.25, 0.3) is 17.0 Å². The van der Waals surface area contributed by atoms with Crippen LogP contribution in [-0.2, 0) is 4.79 Å². The topological polar surface area (TPSA) is 64.0 Å². The highest BCUT2D eigenvalue weighted by molar-refractivity contribution is 6.02. The van der Waals surface area contributed by atoms with Crippen molar-refractivity contribution in [3.05, 3.63) is 82.4 Å². The smallest absolute Gasteiger partial charge is 0.268 e. The van der Waals surface area contributed by atoms with Crippen molar-refractivity contribution in [2.24, 2.45) is 0 Å². The van der Waals surface area contributed by atoms with E-state index in [2.05, 4.69) is 10.4 Å². The van der Waals surface area contributed by atoms with Gasteiger partial charge < -0.3 is 0 Å². The second-order valence-electron chi connectivity index (χ2n) is 5.12. The Kier molecular flexibility index (Phi) is 4.01. The summed E-state index contributed by atoms with van der Waals surface area (Å²) in [6, 6.07) is 16.5. The fourth-order valence-corrected chi connectivity index (χ4v) is 2.21. The van der Waals surface area contributed by atoms with Crippen molar-refractivity contribution in [3.8, 4) is 0 Å². The molecule has 1 N–H and O–H groups in total. The number of para-hydroxylation sites is 1. The summed E-state index contributed by atoms with van der Waals surface area (Å²) in [4.78, 5) is 28.7. The lowest BCUT2D eigenvalue weighted by atomic mass is 10.1. The molecule has 1 heterocycles. The number of nitrogens with one attached hydrogen (secondary N) is 1. The minimum Gasteiger partial charge on any atom is -0.268 e. The van der Waals surface area contributed by atoms with Crippen LogP contribution >= 0.6 is 0 Å². The molecule has 0 unspecified atom stereocenters. The molecule has 0 spiro atoms. The van der Waals surface area contributed by atoms with E-state index in [9.17, 15) is 9.59 Å². The SMILES string of the molecule is C/C(=C/c1ccccc1)C(=O)Nn1cnc2ccccc2c1=O. The molecule has 0 atom stereocenters. The summed E-state index contributed by atoms with van der Waals surface area (Å²) in [5, 5.41) is 0.458. The highest BCUT2D eigenvalue weighted by atomic mass is 16.2. The maximum Gasteiger partial charge on any atom is 0.280 e. The van der Waals surface area contributed by atoms with Gasteiger partial charge in [0.15, 0.2) is 0 Å². The highest BCUT2D eigenvalue weighted by Crippen LogP contribution is 2.07. The second kappa shape index (κ2) is 6.27. The summed E-state index contributed by atoms with van der Waals surface area (Å²) in [6.07, 6.45) is 3.08. The van der Waals surface area contributed by atoms with Gasteiger partial charge in [0.2, 0.25) is 0 Å². The summed E-state index contributed by atoms with van der Waals surface area (Å²) in [6.45, 7) is 1.70. The zero-order valence-corrected chi connectivity index (χ0v) is 12.6. The van der Waals surface area contributed by atoms with E-state index in [1.807, 2.05) is 36.4 Å². The molecule has 0 fully saturated rings. The van der Waals surface area contributed by atoms with Crippen molar-refractivity contribution in [3.63, 3.8) is 0 Å². The second-order valence-corrected chi connectivity index (χ2v) is 5.12. The third kappa shape index (κ3) is 3.18. The van der Waals surface area contributed by atoms with Gasteiger partial charge in [-0.2, -0.15) is 0 Å². The molecule has 2 aromatic carbocycles. The van der Waals surface area contributed by atoms with Crippen molar-refractivity contribution in [2.75, 3.05) is 5.43 Å². The minimum atomic E-state index is -0.354. The highest BCUT2D eigenvalue weighted by Gasteiger charge is 2.08. The Labute approximate surface area is 132 Å². The molecule has 0 aliphatic rings. The summed E-state index contributed by atoms with van der Waals surface area (Å²) in [7, 11) is 0. The van der Waals surface area contributed by atoms with E-state index >= 15 is 0 Å². The van der Waals surface area contributed by atoms with Crippen LogP contribution in [0.2, 0.25) is 0 Å². The number of rotatable bonds is 3. The summed E-state index contributed by atoms with van der Waals surface area (Å²) in [5.41, 5.74) is 4.26. The first kappa shape index (κ1) is 14.7. The first-order chi connectivity index (χ1) is 11.1. The third-order valence-corrected chi connectivity index (χ3v) is 3.43. The van der Waals surface area contributed by atoms with Gasteiger partial charge in [0.25, 0.3) is 11.5 Å². The first-order valence-corrected chi connectivity index (χ1v) is 7.16. The van der Waals surface area contributed by atoms with Crippen LogP contribution in [0.3, 0.4) is 0 Å².